The highest BCUT2D eigenvalue weighted by Gasteiger charge is 2.40. The van der Waals surface area contributed by atoms with Gasteiger partial charge in [-0.1, -0.05) is 29.3 Å². The van der Waals surface area contributed by atoms with Crippen LogP contribution in [0, 0.1) is 5.82 Å². The van der Waals surface area contributed by atoms with E-state index in [4.69, 9.17) is 28.3 Å². The molecule has 1 saturated heterocycles. The predicted molar refractivity (Wildman–Crippen MR) is 126 cm³/mol. The van der Waals surface area contributed by atoms with Gasteiger partial charge in [-0.2, -0.15) is 5.10 Å². The first-order chi connectivity index (χ1) is 15.1. The summed E-state index contributed by atoms with van der Waals surface area (Å²) in [6.45, 7) is 6.22. The number of benzene rings is 2. The highest BCUT2D eigenvalue weighted by molar-refractivity contribution is 6.31. The number of aromatic nitrogens is 2. The highest BCUT2D eigenvalue weighted by Crippen LogP contribution is 2.41. The summed E-state index contributed by atoms with van der Waals surface area (Å²) in [5, 5.41) is 11.8. The van der Waals surface area contributed by atoms with E-state index < -0.39 is 11.9 Å². The van der Waals surface area contributed by atoms with Crippen molar-refractivity contribution in [1.82, 2.24) is 15.1 Å². The van der Waals surface area contributed by atoms with Crippen molar-refractivity contribution >= 4 is 34.8 Å². The van der Waals surface area contributed by atoms with Crippen LogP contribution in [0.5, 0.6) is 0 Å². The van der Waals surface area contributed by atoms with Crippen LogP contribution in [-0.2, 0) is 10.3 Å². The van der Waals surface area contributed by atoms with Crippen LogP contribution in [0.2, 0.25) is 10.0 Å². The third kappa shape index (κ3) is 4.82. The van der Waals surface area contributed by atoms with Crippen LogP contribution < -0.4 is 10.6 Å². The fourth-order valence-corrected chi connectivity index (χ4v) is 4.22. The Morgan fingerprint density at radius 1 is 1.16 bits per heavy atom. The smallest absolute Gasteiger partial charge is 0.241 e. The lowest BCUT2D eigenvalue weighted by Crippen LogP contribution is -2.36. The molecule has 5 nitrogen and oxygen atoms in total. The van der Waals surface area contributed by atoms with Gasteiger partial charge in [0.1, 0.15) is 5.82 Å². The minimum Gasteiger partial charge on any atom is -0.325 e. The van der Waals surface area contributed by atoms with Gasteiger partial charge < -0.3 is 5.32 Å². The molecule has 1 fully saturated rings. The number of hydrogen-bond donors (Lipinski definition) is 2. The molecule has 4 rings (SSSR count). The summed E-state index contributed by atoms with van der Waals surface area (Å²) >= 11 is 11.8. The van der Waals surface area contributed by atoms with Crippen molar-refractivity contribution in [3.05, 3.63) is 81.8 Å². The lowest BCUT2D eigenvalue weighted by molar-refractivity contribution is -0.117. The fraction of sp³-hybridized carbons (Fsp3) is 0.333. The second-order valence-corrected chi connectivity index (χ2v) is 9.91. The Kier molecular flexibility index (Phi) is 6.30. The molecule has 1 aliphatic rings. The highest BCUT2D eigenvalue weighted by atomic mass is 35.5. The van der Waals surface area contributed by atoms with Crippen molar-refractivity contribution in [1.29, 1.82) is 0 Å². The summed E-state index contributed by atoms with van der Waals surface area (Å²) in [5.74, 6) is -0.761. The van der Waals surface area contributed by atoms with Crippen LogP contribution in [0.4, 0.5) is 10.1 Å². The number of nitrogens with zero attached hydrogens (tertiary/aromatic N) is 2. The minimum atomic E-state index is -0.487. The van der Waals surface area contributed by atoms with Gasteiger partial charge in [-0.05, 0) is 75.2 Å². The van der Waals surface area contributed by atoms with Crippen molar-refractivity contribution in [2.45, 2.75) is 50.7 Å². The van der Waals surface area contributed by atoms with E-state index in [1.54, 1.807) is 36.4 Å². The van der Waals surface area contributed by atoms with Gasteiger partial charge >= 0.3 is 0 Å². The number of hydrogen-bond acceptors (Lipinski definition) is 3. The molecule has 1 amide bonds. The molecule has 1 aromatic heterocycles. The third-order valence-corrected chi connectivity index (χ3v) is 6.24. The van der Waals surface area contributed by atoms with E-state index in [0.717, 1.165) is 11.3 Å². The zero-order chi connectivity index (χ0) is 23.0. The maximum absolute atomic E-state index is 14.2. The SMILES string of the molecule is CC(C)(C)n1ccc([C@@H]2C[C@@H](C(=O)Nc3ccc(Cl)cc3)N[C@H]2c2ccc(Cl)c(F)c2)n1. The van der Waals surface area contributed by atoms with E-state index in [-0.39, 0.29) is 28.4 Å². The lowest BCUT2D eigenvalue weighted by Gasteiger charge is -2.21. The molecule has 2 heterocycles. The van der Waals surface area contributed by atoms with Crippen molar-refractivity contribution in [2.75, 3.05) is 5.32 Å². The molecule has 2 N–H and O–H groups in total. The maximum Gasteiger partial charge on any atom is 0.241 e. The standard InChI is InChI=1S/C24H25Cl2FN4O/c1-24(2,3)31-11-10-20(30-31)17-13-21(23(32)28-16-7-5-15(25)6-8-16)29-22(17)14-4-9-18(26)19(27)12-14/h4-12,17,21-22,29H,13H2,1-3H3,(H,28,32)/t17-,21-,22-/m0/s1. The summed E-state index contributed by atoms with van der Waals surface area (Å²) in [4.78, 5) is 13.0. The summed E-state index contributed by atoms with van der Waals surface area (Å²) in [7, 11) is 0. The Labute approximate surface area is 196 Å². The number of nitrogens with one attached hydrogen (secondary N) is 2. The molecule has 0 bridgehead atoms. The normalized spacial score (nSPS) is 21.0. The molecule has 0 radical (unpaired) electrons. The lowest BCUT2D eigenvalue weighted by atomic mass is 9.90. The Bertz CT molecular complexity index is 1120. The first-order valence-electron chi connectivity index (χ1n) is 10.5. The first-order valence-corrected chi connectivity index (χ1v) is 11.2. The summed E-state index contributed by atoms with van der Waals surface area (Å²) in [6.07, 6.45) is 2.46. The van der Waals surface area contributed by atoms with Gasteiger partial charge in [-0.3, -0.25) is 14.8 Å². The maximum atomic E-state index is 14.2. The van der Waals surface area contributed by atoms with Gasteiger partial charge in [0.05, 0.1) is 22.3 Å². The van der Waals surface area contributed by atoms with Crippen molar-refractivity contribution in [2.24, 2.45) is 0 Å². The van der Waals surface area contributed by atoms with Crippen LogP contribution in [0.1, 0.15) is 50.4 Å². The van der Waals surface area contributed by atoms with Crippen LogP contribution in [-0.4, -0.2) is 21.7 Å². The van der Waals surface area contributed by atoms with Crippen LogP contribution >= 0.6 is 23.2 Å². The van der Waals surface area contributed by atoms with Crippen molar-refractivity contribution < 1.29 is 9.18 Å². The fourth-order valence-electron chi connectivity index (χ4n) is 3.97. The molecule has 168 valence electrons. The number of halogens is 3. The second kappa shape index (κ2) is 8.85. The van der Waals surface area contributed by atoms with E-state index in [9.17, 15) is 9.18 Å². The number of carbonyl (C=O) groups is 1. The van der Waals surface area contributed by atoms with Crippen LogP contribution in [0.3, 0.4) is 0 Å². The Hall–Kier alpha value is -2.41. The van der Waals surface area contributed by atoms with Gasteiger partial charge in [0.15, 0.2) is 0 Å². The van der Waals surface area contributed by atoms with Crippen LogP contribution in [0.15, 0.2) is 54.7 Å². The molecule has 8 heteroatoms. The largest absolute Gasteiger partial charge is 0.325 e. The second-order valence-electron chi connectivity index (χ2n) is 9.06. The molecular weight excluding hydrogens is 450 g/mol. The van der Waals surface area contributed by atoms with Gasteiger partial charge in [-0.15, -0.1) is 0 Å². The van der Waals surface area contributed by atoms with Crippen molar-refractivity contribution in [3.63, 3.8) is 0 Å². The number of carbonyl (C=O) groups excluding carboxylic acids is 1. The zero-order valence-corrected chi connectivity index (χ0v) is 19.6. The minimum absolute atomic E-state index is 0.0670. The molecule has 0 spiro atoms. The molecule has 1 aliphatic heterocycles. The van der Waals surface area contributed by atoms with Gasteiger partial charge in [0.25, 0.3) is 0 Å². The van der Waals surface area contributed by atoms with E-state index in [1.165, 1.54) is 6.07 Å². The van der Waals surface area contributed by atoms with E-state index >= 15 is 0 Å². The molecule has 0 aliphatic carbocycles. The first kappa shape index (κ1) is 22.8. The Morgan fingerprint density at radius 3 is 2.50 bits per heavy atom. The van der Waals surface area contributed by atoms with Gasteiger partial charge in [0.2, 0.25) is 5.91 Å². The molecule has 2 aromatic carbocycles. The van der Waals surface area contributed by atoms with Crippen molar-refractivity contribution in [3.8, 4) is 0 Å². The summed E-state index contributed by atoms with van der Waals surface area (Å²) < 4.78 is 16.1. The molecule has 3 atom stereocenters. The molecular formula is C24H25Cl2FN4O. The number of amides is 1. The zero-order valence-electron chi connectivity index (χ0n) is 18.1. The summed E-state index contributed by atoms with van der Waals surface area (Å²) in [5.41, 5.74) is 2.08. The van der Waals surface area contributed by atoms with E-state index in [1.807, 2.05) is 16.9 Å². The quantitative estimate of drug-likeness (QED) is 0.493. The average Bonchev–Trinajstić information content (AvgIpc) is 3.39. The predicted octanol–water partition coefficient (Wildman–Crippen LogP) is 5.91. The third-order valence-electron chi connectivity index (χ3n) is 5.68. The average molecular weight is 475 g/mol. The topological polar surface area (TPSA) is 59.0 Å². The monoisotopic (exact) mass is 474 g/mol. The number of anilines is 1. The summed E-state index contributed by atoms with van der Waals surface area (Å²) in [6, 6.07) is 12.9. The molecule has 0 unspecified atom stereocenters. The van der Waals surface area contributed by atoms with Crippen LogP contribution in [0.25, 0.3) is 0 Å². The number of rotatable bonds is 4. The van der Waals surface area contributed by atoms with E-state index in [0.29, 0.717) is 17.1 Å². The van der Waals surface area contributed by atoms with E-state index in [2.05, 4.69) is 31.4 Å². The molecule has 3 aromatic rings. The Morgan fingerprint density at radius 2 is 1.88 bits per heavy atom. The Balaban J connectivity index is 1.62. The van der Waals surface area contributed by atoms with Gasteiger partial charge in [-0.25, -0.2) is 4.39 Å². The molecule has 0 saturated carbocycles. The van der Waals surface area contributed by atoms with Gasteiger partial charge in [0, 0.05) is 28.9 Å². The molecule has 32 heavy (non-hydrogen) atoms.